The van der Waals surface area contributed by atoms with E-state index in [1.165, 1.54) is 0 Å². The van der Waals surface area contributed by atoms with Crippen molar-refractivity contribution in [1.29, 1.82) is 0 Å². The number of nitrogen functional groups attached to an aromatic ring is 1. The molecule has 3 N–H and O–H groups in total. The van der Waals surface area contributed by atoms with Crippen LogP contribution in [0, 0.1) is 0 Å². The largest absolute Gasteiger partial charge is 0.481 e. The van der Waals surface area contributed by atoms with Crippen molar-refractivity contribution in [3.8, 4) is 22.3 Å². The fourth-order valence-corrected chi connectivity index (χ4v) is 2.31. The zero-order valence-corrected chi connectivity index (χ0v) is 9.10. The minimum atomic E-state index is -0.822. The lowest BCUT2D eigenvalue weighted by Gasteiger charge is -2.07. The number of benzene rings is 2. The highest BCUT2D eigenvalue weighted by atomic mass is 16.4. The number of fused-ring (bicyclic) bond motifs is 2. The van der Waals surface area contributed by atoms with Crippen LogP contribution >= 0.6 is 0 Å². The highest BCUT2D eigenvalue weighted by molar-refractivity contribution is 5.89. The number of carbonyl (C=O) groups is 1. The number of rotatable bonds is 2. The Labute approximate surface area is 98.5 Å². The summed E-state index contributed by atoms with van der Waals surface area (Å²) in [6, 6.07) is 11.7. The molecular weight excluding hydrogens is 214 g/mol. The molecule has 3 heteroatoms. The second kappa shape index (κ2) is 3.35. The number of carboxylic acids is 1. The van der Waals surface area contributed by atoms with Gasteiger partial charge in [0.15, 0.2) is 0 Å². The summed E-state index contributed by atoms with van der Waals surface area (Å²) in [5.41, 5.74) is 11.4. The molecule has 0 saturated heterocycles. The topological polar surface area (TPSA) is 63.3 Å². The maximum atomic E-state index is 10.9. The minimum Gasteiger partial charge on any atom is -0.481 e. The Morgan fingerprint density at radius 3 is 2.53 bits per heavy atom. The molecule has 2 aliphatic rings. The van der Waals surface area contributed by atoms with E-state index in [0.717, 1.165) is 27.8 Å². The van der Waals surface area contributed by atoms with E-state index in [2.05, 4.69) is 0 Å². The Kier molecular flexibility index (Phi) is 1.95. The fraction of sp³-hybridized carbons (Fsp3) is 0.0714. The Hall–Kier alpha value is -2.29. The molecule has 2 aliphatic carbocycles. The first-order valence-corrected chi connectivity index (χ1v) is 5.40. The fourth-order valence-electron chi connectivity index (χ4n) is 2.31. The number of carboxylic acid groups (broad SMARTS) is 1. The third kappa shape index (κ3) is 1.47. The number of hydrogen-bond acceptors (Lipinski definition) is 2. The lowest BCUT2D eigenvalue weighted by Crippen LogP contribution is -2.01. The highest BCUT2D eigenvalue weighted by Gasteiger charge is 2.17. The molecule has 17 heavy (non-hydrogen) atoms. The van der Waals surface area contributed by atoms with E-state index in [0.29, 0.717) is 5.69 Å². The van der Waals surface area contributed by atoms with E-state index in [1.807, 2.05) is 36.4 Å². The number of nitrogens with two attached hydrogens (primary N) is 1. The van der Waals surface area contributed by atoms with Crippen LogP contribution in [0.25, 0.3) is 22.3 Å². The van der Waals surface area contributed by atoms with Gasteiger partial charge in [0.25, 0.3) is 0 Å². The van der Waals surface area contributed by atoms with Gasteiger partial charge in [0.05, 0.1) is 6.42 Å². The molecule has 0 unspecified atom stereocenters. The van der Waals surface area contributed by atoms with Crippen molar-refractivity contribution in [1.82, 2.24) is 0 Å². The van der Waals surface area contributed by atoms with Gasteiger partial charge in [-0.2, -0.15) is 0 Å². The van der Waals surface area contributed by atoms with E-state index < -0.39 is 5.97 Å². The van der Waals surface area contributed by atoms with Crippen LogP contribution in [0.3, 0.4) is 0 Å². The Bertz CT molecular complexity index is 632. The van der Waals surface area contributed by atoms with Crippen molar-refractivity contribution in [2.75, 3.05) is 5.73 Å². The van der Waals surface area contributed by atoms with E-state index in [4.69, 9.17) is 10.8 Å². The summed E-state index contributed by atoms with van der Waals surface area (Å²) in [5.74, 6) is -0.822. The summed E-state index contributed by atoms with van der Waals surface area (Å²) in [7, 11) is 0. The normalized spacial score (nSPS) is 11.3. The average Bonchev–Trinajstić information content (AvgIpc) is 2.49. The van der Waals surface area contributed by atoms with Crippen molar-refractivity contribution in [3.05, 3.63) is 42.0 Å². The molecule has 4 bridgehead atoms. The van der Waals surface area contributed by atoms with Gasteiger partial charge in [-0.05, 0) is 40.5 Å². The Morgan fingerprint density at radius 2 is 1.76 bits per heavy atom. The highest BCUT2D eigenvalue weighted by Crippen LogP contribution is 2.38. The van der Waals surface area contributed by atoms with Crippen LogP contribution in [0.1, 0.15) is 5.56 Å². The van der Waals surface area contributed by atoms with E-state index in [-0.39, 0.29) is 6.42 Å². The van der Waals surface area contributed by atoms with Crippen molar-refractivity contribution < 1.29 is 9.90 Å². The number of hydrogen-bond donors (Lipinski definition) is 2. The van der Waals surface area contributed by atoms with Gasteiger partial charge in [0.1, 0.15) is 0 Å². The first kappa shape index (κ1) is 9.90. The van der Waals surface area contributed by atoms with Crippen molar-refractivity contribution >= 4 is 11.7 Å². The van der Waals surface area contributed by atoms with Crippen LogP contribution in [0.15, 0.2) is 36.4 Å². The van der Waals surface area contributed by atoms with Gasteiger partial charge >= 0.3 is 5.97 Å². The average molecular weight is 225 g/mol. The summed E-state index contributed by atoms with van der Waals surface area (Å²) in [6.07, 6.45) is 0.0288. The van der Waals surface area contributed by atoms with Crippen LogP contribution < -0.4 is 5.73 Å². The second-order valence-electron chi connectivity index (χ2n) is 4.24. The van der Waals surface area contributed by atoms with Gasteiger partial charge in [-0.15, -0.1) is 0 Å². The van der Waals surface area contributed by atoms with E-state index in [9.17, 15) is 4.79 Å². The van der Waals surface area contributed by atoms with Gasteiger partial charge in [-0.3, -0.25) is 4.79 Å². The smallest absolute Gasteiger partial charge is 0.307 e. The summed E-state index contributed by atoms with van der Waals surface area (Å²) >= 11 is 0. The van der Waals surface area contributed by atoms with E-state index >= 15 is 0 Å². The molecule has 0 atom stereocenters. The molecule has 84 valence electrons. The Balaban J connectivity index is 2.29. The lowest BCUT2D eigenvalue weighted by atomic mass is 9.99. The second-order valence-corrected chi connectivity index (χ2v) is 4.24. The van der Waals surface area contributed by atoms with Gasteiger partial charge in [-0.25, -0.2) is 0 Å². The van der Waals surface area contributed by atoms with Crippen molar-refractivity contribution in [2.24, 2.45) is 0 Å². The van der Waals surface area contributed by atoms with E-state index in [1.54, 1.807) is 0 Å². The third-order valence-electron chi connectivity index (χ3n) is 3.12. The van der Waals surface area contributed by atoms with Crippen LogP contribution in [0.2, 0.25) is 0 Å². The molecule has 0 radical (unpaired) electrons. The molecule has 0 aliphatic heterocycles. The van der Waals surface area contributed by atoms with Crippen molar-refractivity contribution in [3.63, 3.8) is 0 Å². The summed E-state index contributed by atoms with van der Waals surface area (Å²) in [6.45, 7) is 0. The van der Waals surface area contributed by atoms with Crippen LogP contribution in [-0.4, -0.2) is 11.1 Å². The van der Waals surface area contributed by atoms with Gasteiger partial charge in [0.2, 0.25) is 0 Å². The van der Waals surface area contributed by atoms with Crippen LogP contribution in [-0.2, 0) is 11.2 Å². The summed E-state index contributed by atoms with van der Waals surface area (Å²) < 4.78 is 0. The molecule has 0 amide bonds. The van der Waals surface area contributed by atoms with Gasteiger partial charge < -0.3 is 10.8 Å². The first-order chi connectivity index (χ1) is 8.15. The molecule has 2 aromatic carbocycles. The minimum absolute atomic E-state index is 0.0288. The molecule has 0 fully saturated rings. The molecule has 4 rings (SSSR count). The zero-order chi connectivity index (χ0) is 12.0. The van der Waals surface area contributed by atoms with Crippen LogP contribution in [0.4, 0.5) is 5.69 Å². The summed E-state index contributed by atoms with van der Waals surface area (Å²) in [4.78, 5) is 10.9. The van der Waals surface area contributed by atoms with Crippen LogP contribution in [0.5, 0.6) is 0 Å². The van der Waals surface area contributed by atoms with Gasteiger partial charge in [-0.1, -0.05) is 18.2 Å². The predicted molar refractivity (Wildman–Crippen MR) is 66.6 cm³/mol. The first-order valence-electron chi connectivity index (χ1n) is 5.40. The molecule has 0 heterocycles. The number of aliphatic carboxylic acids is 1. The number of anilines is 1. The molecule has 0 spiro atoms. The molecule has 0 saturated carbocycles. The maximum Gasteiger partial charge on any atom is 0.307 e. The van der Waals surface area contributed by atoms with Gasteiger partial charge in [0, 0.05) is 11.3 Å². The SMILES string of the molecule is Nc1ccc2cc1-c1ccc-2cc1CC(=O)O. The molecule has 2 aromatic rings. The van der Waals surface area contributed by atoms with Crippen molar-refractivity contribution in [2.45, 2.75) is 6.42 Å². The zero-order valence-electron chi connectivity index (χ0n) is 9.10. The molecule has 3 nitrogen and oxygen atoms in total. The molecular formula is C14H11NO2. The quantitative estimate of drug-likeness (QED) is 0.659. The monoisotopic (exact) mass is 225 g/mol. The Morgan fingerprint density at radius 1 is 1.06 bits per heavy atom. The summed E-state index contributed by atoms with van der Waals surface area (Å²) in [5, 5.41) is 8.92. The predicted octanol–water partition coefficient (Wildman–Crippen LogP) is 2.54. The maximum absolute atomic E-state index is 10.9. The standard InChI is InChI=1S/C14H11NO2/c15-13-4-2-9-6-12(13)11-3-1-8(9)5-10(11)7-14(16)17/h1-6H,7,15H2,(H,16,17). The third-order valence-corrected chi connectivity index (χ3v) is 3.12. The lowest BCUT2D eigenvalue weighted by molar-refractivity contribution is -0.136. The molecule has 0 aromatic heterocycles.